The SMILES string of the molecule is COc1cc(NC(=O)c2cc(C(=O)Cc3ccc(-c4ccccc4F)nc3)ccc2OC)ccn1. The molecule has 0 spiro atoms. The van der Waals surface area contributed by atoms with Crippen LogP contribution in [0.15, 0.2) is 79.1 Å². The number of anilines is 1. The van der Waals surface area contributed by atoms with Crippen molar-refractivity contribution in [2.24, 2.45) is 0 Å². The molecule has 0 saturated heterocycles. The summed E-state index contributed by atoms with van der Waals surface area (Å²) in [5, 5.41) is 2.76. The van der Waals surface area contributed by atoms with Gasteiger partial charge in [-0.25, -0.2) is 9.37 Å². The minimum Gasteiger partial charge on any atom is -0.496 e. The number of benzene rings is 2. The zero-order valence-corrected chi connectivity index (χ0v) is 19.1. The van der Waals surface area contributed by atoms with E-state index < -0.39 is 5.91 Å². The molecule has 4 rings (SSSR count). The van der Waals surface area contributed by atoms with E-state index in [-0.39, 0.29) is 23.6 Å². The van der Waals surface area contributed by atoms with Gasteiger partial charge in [-0.15, -0.1) is 0 Å². The molecule has 2 aromatic heterocycles. The van der Waals surface area contributed by atoms with Crippen molar-refractivity contribution in [3.8, 4) is 22.9 Å². The van der Waals surface area contributed by atoms with Crippen LogP contribution in [0.25, 0.3) is 11.3 Å². The van der Waals surface area contributed by atoms with Gasteiger partial charge in [-0.05, 0) is 48.0 Å². The smallest absolute Gasteiger partial charge is 0.259 e. The first-order chi connectivity index (χ1) is 17.0. The molecule has 1 N–H and O–H groups in total. The van der Waals surface area contributed by atoms with Crippen LogP contribution in [0.4, 0.5) is 10.1 Å². The molecule has 0 radical (unpaired) electrons. The van der Waals surface area contributed by atoms with Crippen LogP contribution < -0.4 is 14.8 Å². The number of Topliss-reactive ketones (excluding diaryl/α,β-unsaturated/α-hetero) is 1. The molecule has 176 valence electrons. The van der Waals surface area contributed by atoms with E-state index in [0.717, 1.165) is 0 Å². The Kier molecular flexibility index (Phi) is 7.11. The summed E-state index contributed by atoms with van der Waals surface area (Å²) < 4.78 is 24.4. The minimum absolute atomic E-state index is 0.0689. The van der Waals surface area contributed by atoms with Crippen LogP contribution in [0.2, 0.25) is 0 Å². The van der Waals surface area contributed by atoms with Gasteiger partial charge in [0.25, 0.3) is 5.91 Å². The Morgan fingerprint density at radius 2 is 1.77 bits per heavy atom. The van der Waals surface area contributed by atoms with E-state index in [1.165, 1.54) is 32.5 Å². The highest BCUT2D eigenvalue weighted by atomic mass is 19.1. The lowest BCUT2D eigenvalue weighted by atomic mass is 10.0. The van der Waals surface area contributed by atoms with Crippen LogP contribution in [0.5, 0.6) is 11.6 Å². The largest absolute Gasteiger partial charge is 0.496 e. The van der Waals surface area contributed by atoms with E-state index in [2.05, 4.69) is 15.3 Å². The average Bonchev–Trinajstić information content (AvgIpc) is 2.89. The molecule has 2 aromatic carbocycles. The molecule has 0 saturated carbocycles. The molecular weight excluding hydrogens is 449 g/mol. The van der Waals surface area contributed by atoms with Crippen LogP contribution in [-0.2, 0) is 6.42 Å². The molecular formula is C27H22FN3O4. The Morgan fingerprint density at radius 1 is 0.943 bits per heavy atom. The Morgan fingerprint density at radius 3 is 2.49 bits per heavy atom. The Labute approximate surface area is 201 Å². The number of carbonyl (C=O) groups is 2. The first-order valence-electron chi connectivity index (χ1n) is 10.7. The number of hydrogen-bond donors (Lipinski definition) is 1. The number of nitrogens with one attached hydrogen (secondary N) is 1. The van der Waals surface area contributed by atoms with E-state index in [4.69, 9.17) is 9.47 Å². The number of methoxy groups -OCH3 is 2. The first kappa shape index (κ1) is 23.6. The van der Waals surface area contributed by atoms with Gasteiger partial charge in [-0.3, -0.25) is 14.6 Å². The fourth-order valence-electron chi connectivity index (χ4n) is 3.50. The van der Waals surface area contributed by atoms with Crippen molar-refractivity contribution < 1.29 is 23.5 Å². The summed E-state index contributed by atoms with van der Waals surface area (Å²) in [7, 11) is 2.93. The lowest BCUT2D eigenvalue weighted by Gasteiger charge is -2.12. The topological polar surface area (TPSA) is 90.4 Å². The molecule has 0 aliphatic heterocycles. The second kappa shape index (κ2) is 10.6. The summed E-state index contributed by atoms with van der Waals surface area (Å²) in [4.78, 5) is 34.2. The van der Waals surface area contributed by atoms with Crippen molar-refractivity contribution in [2.45, 2.75) is 6.42 Å². The van der Waals surface area contributed by atoms with Crippen LogP contribution >= 0.6 is 0 Å². The molecule has 0 fully saturated rings. The molecule has 4 aromatic rings. The van der Waals surface area contributed by atoms with Gasteiger partial charge >= 0.3 is 0 Å². The number of pyridine rings is 2. The van der Waals surface area contributed by atoms with Crippen LogP contribution in [-0.4, -0.2) is 35.9 Å². The van der Waals surface area contributed by atoms with Crippen molar-refractivity contribution in [3.05, 3.63) is 102 Å². The third-order valence-electron chi connectivity index (χ3n) is 5.31. The highest BCUT2D eigenvalue weighted by Gasteiger charge is 2.17. The maximum absolute atomic E-state index is 14.0. The molecule has 8 heteroatoms. The van der Waals surface area contributed by atoms with E-state index in [1.54, 1.807) is 60.8 Å². The lowest BCUT2D eigenvalue weighted by molar-refractivity contribution is 0.0993. The molecule has 0 bridgehead atoms. The monoisotopic (exact) mass is 471 g/mol. The Balaban J connectivity index is 1.51. The van der Waals surface area contributed by atoms with Crippen molar-refractivity contribution >= 4 is 17.4 Å². The number of ether oxygens (including phenoxy) is 2. The predicted octanol–water partition coefficient (Wildman–Crippen LogP) is 4.98. The number of halogens is 1. The second-order valence-corrected chi connectivity index (χ2v) is 7.59. The van der Waals surface area contributed by atoms with Crippen LogP contribution in [0.1, 0.15) is 26.3 Å². The molecule has 1 amide bonds. The van der Waals surface area contributed by atoms with Gasteiger partial charge in [0.2, 0.25) is 5.88 Å². The predicted molar refractivity (Wildman–Crippen MR) is 129 cm³/mol. The number of rotatable bonds is 8. The summed E-state index contributed by atoms with van der Waals surface area (Å²) in [6, 6.07) is 17.7. The molecule has 0 atom stereocenters. The van der Waals surface area contributed by atoms with Gasteiger partial charge in [0.15, 0.2) is 5.78 Å². The summed E-state index contributed by atoms with van der Waals surface area (Å²) in [6.45, 7) is 0. The molecule has 0 aliphatic carbocycles. The Hall–Kier alpha value is -4.59. The fraction of sp³-hybridized carbons (Fsp3) is 0.111. The summed E-state index contributed by atoms with van der Waals surface area (Å²) >= 11 is 0. The molecule has 7 nitrogen and oxygen atoms in total. The van der Waals surface area contributed by atoms with E-state index in [9.17, 15) is 14.0 Å². The zero-order chi connectivity index (χ0) is 24.8. The fourth-order valence-corrected chi connectivity index (χ4v) is 3.50. The average molecular weight is 471 g/mol. The second-order valence-electron chi connectivity index (χ2n) is 7.59. The van der Waals surface area contributed by atoms with Gasteiger partial charge in [0.1, 0.15) is 11.6 Å². The van der Waals surface area contributed by atoms with E-state index in [1.807, 2.05) is 0 Å². The van der Waals surface area contributed by atoms with Gasteiger partial charge < -0.3 is 14.8 Å². The van der Waals surface area contributed by atoms with E-state index in [0.29, 0.717) is 39.7 Å². The number of amides is 1. The van der Waals surface area contributed by atoms with Crippen molar-refractivity contribution in [1.82, 2.24) is 9.97 Å². The normalized spacial score (nSPS) is 10.5. The maximum Gasteiger partial charge on any atom is 0.259 e. The van der Waals surface area contributed by atoms with Crippen molar-refractivity contribution in [3.63, 3.8) is 0 Å². The summed E-state index contributed by atoms with van der Waals surface area (Å²) in [5.41, 5.74) is 2.59. The number of nitrogens with zero attached hydrogens (tertiary/aromatic N) is 2. The standard InChI is InChI=1S/C27H22FN3O4/c1-34-25-10-8-18(14-21(25)27(33)31-19-11-12-29-26(15-19)35-2)24(32)13-17-7-9-23(30-16-17)20-5-3-4-6-22(20)28/h3-12,14-16H,13H2,1-2H3,(H,29,31,33). The molecule has 0 unspecified atom stereocenters. The highest BCUT2D eigenvalue weighted by Crippen LogP contribution is 2.24. The van der Waals surface area contributed by atoms with Gasteiger partial charge in [-0.2, -0.15) is 0 Å². The van der Waals surface area contributed by atoms with Crippen LogP contribution in [0, 0.1) is 5.82 Å². The maximum atomic E-state index is 14.0. The zero-order valence-electron chi connectivity index (χ0n) is 19.1. The third-order valence-corrected chi connectivity index (χ3v) is 5.31. The summed E-state index contributed by atoms with van der Waals surface area (Å²) in [6.07, 6.45) is 3.13. The van der Waals surface area contributed by atoms with Gasteiger partial charge in [0.05, 0.1) is 25.5 Å². The highest BCUT2D eigenvalue weighted by molar-refractivity contribution is 6.08. The first-order valence-corrected chi connectivity index (χ1v) is 10.7. The quantitative estimate of drug-likeness (QED) is 0.365. The Bertz CT molecular complexity index is 1370. The number of carbonyl (C=O) groups excluding carboxylic acids is 2. The third kappa shape index (κ3) is 5.50. The molecule has 35 heavy (non-hydrogen) atoms. The van der Waals surface area contributed by atoms with Gasteiger partial charge in [-0.1, -0.05) is 18.2 Å². The number of hydrogen-bond acceptors (Lipinski definition) is 6. The van der Waals surface area contributed by atoms with Crippen LogP contribution in [0.3, 0.4) is 0 Å². The lowest BCUT2D eigenvalue weighted by Crippen LogP contribution is -2.15. The summed E-state index contributed by atoms with van der Waals surface area (Å²) in [5.74, 6) is -0.323. The number of aromatic nitrogens is 2. The molecule has 2 heterocycles. The minimum atomic E-state index is -0.444. The van der Waals surface area contributed by atoms with Crippen molar-refractivity contribution in [1.29, 1.82) is 0 Å². The van der Waals surface area contributed by atoms with Gasteiger partial charge in [0, 0.05) is 41.7 Å². The molecule has 0 aliphatic rings. The number of ketones is 1. The van der Waals surface area contributed by atoms with Crippen molar-refractivity contribution in [2.75, 3.05) is 19.5 Å². The van der Waals surface area contributed by atoms with E-state index >= 15 is 0 Å².